The predicted octanol–water partition coefficient (Wildman–Crippen LogP) is 3.43. The molecule has 19 heavy (non-hydrogen) atoms. The van der Waals surface area contributed by atoms with Gasteiger partial charge in [0.05, 0.1) is 5.02 Å². The molecule has 110 valence electrons. The third-order valence-corrected chi connectivity index (χ3v) is 2.58. The van der Waals surface area contributed by atoms with Crippen molar-refractivity contribution < 1.29 is 23.0 Å². The summed E-state index contributed by atoms with van der Waals surface area (Å²) in [5, 5.41) is 8.51. The maximum Gasteiger partial charge on any atom is 0.573 e. The van der Waals surface area contributed by atoms with E-state index in [0.717, 1.165) is 6.07 Å². The van der Waals surface area contributed by atoms with Gasteiger partial charge in [0, 0.05) is 12.6 Å². The smallest absolute Gasteiger partial charge is 0.404 e. The summed E-state index contributed by atoms with van der Waals surface area (Å²) < 4.78 is 39.8. The fourth-order valence-electron chi connectivity index (χ4n) is 1.43. The average Bonchev–Trinajstić information content (AvgIpc) is 2.27. The second-order valence-electron chi connectivity index (χ2n) is 3.71. The SMILES string of the molecule is Cl.N[C@@H](CCCO)c1ccc(OC(F)(F)F)c(Cl)c1. The Labute approximate surface area is 119 Å². The first-order chi connectivity index (χ1) is 8.33. The summed E-state index contributed by atoms with van der Waals surface area (Å²) in [5.41, 5.74) is 6.39. The summed E-state index contributed by atoms with van der Waals surface area (Å²) in [5.74, 6) is -0.456. The van der Waals surface area contributed by atoms with E-state index in [1.165, 1.54) is 12.1 Å². The summed E-state index contributed by atoms with van der Waals surface area (Å²) in [6.07, 6.45) is -3.74. The number of hydrogen-bond donors (Lipinski definition) is 2. The molecular weight excluding hydrogens is 306 g/mol. The first-order valence-electron chi connectivity index (χ1n) is 5.25. The van der Waals surface area contributed by atoms with Crippen LogP contribution in [0.25, 0.3) is 0 Å². The Kier molecular flexibility index (Phi) is 7.51. The zero-order valence-corrected chi connectivity index (χ0v) is 11.4. The number of benzene rings is 1. The molecule has 3 nitrogen and oxygen atoms in total. The third kappa shape index (κ3) is 6.33. The van der Waals surface area contributed by atoms with Crippen molar-refractivity contribution in [1.82, 2.24) is 0 Å². The van der Waals surface area contributed by atoms with Crippen molar-refractivity contribution in [3.63, 3.8) is 0 Å². The van der Waals surface area contributed by atoms with Crippen molar-refractivity contribution in [3.8, 4) is 5.75 Å². The summed E-state index contributed by atoms with van der Waals surface area (Å²) in [4.78, 5) is 0. The largest absolute Gasteiger partial charge is 0.573 e. The first-order valence-corrected chi connectivity index (χ1v) is 5.63. The molecule has 0 unspecified atom stereocenters. The number of rotatable bonds is 5. The van der Waals surface area contributed by atoms with E-state index >= 15 is 0 Å². The molecule has 0 aliphatic carbocycles. The van der Waals surface area contributed by atoms with Crippen molar-refractivity contribution in [2.24, 2.45) is 5.73 Å². The van der Waals surface area contributed by atoms with Gasteiger partial charge < -0.3 is 15.6 Å². The van der Waals surface area contributed by atoms with Crippen LogP contribution in [0.1, 0.15) is 24.4 Å². The molecule has 1 rings (SSSR count). The van der Waals surface area contributed by atoms with Gasteiger partial charge in [0.25, 0.3) is 0 Å². The molecule has 0 fully saturated rings. The lowest BCUT2D eigenvalue weighted by Crippen LogP contribution is -2.17. The number of hydrogen-bond acceptors (Lipinski definition) is 3. The zero-order chi connectivity index (χ0) is 13.8. The number of aliphatic hydroxyl groups is 1. The molecule has 0 saturated heterocycles. The van der Waals surface area contributed by atoms with Crippen LogP contribution in [0, 0.1) is 0 Å². The van der Waals surface area contributed by atoms with Crippen LogP contribution in [0.15, 0.2) is 18.2 Å². The molecule has 1 aromatic carbocycles. The van der Waals surface area contributed by atoms with Crippen LogP contribution in [0.2, 0.25) is 5.02 Å². The lowest BCUT2D eigenvalue weighted by molar-refractivity contribution is -0.274. The summed E-state index contributed by atoms with van der Waals surface area (Å²) >= 11 is 5.68. The number of alkyl halides is 3. The molecule has 1 atom stereocenters. The van der Waals surface area contributed by atoms with Crippen molar-refractivity contribution in [2.45, 2.75) is 25.2 Å². The molecule has 0 bridgehead atoms. The van der Waals surface area contributed by atoms with E-state index in [2.05, 4.69) is 4.74 Å². The van der Waals surface area contributed by atoms with E-state index in [0.29, 0.717) is 18.4 Å². The predicted molar refractivity (Wildman–Crippen MR) is 68.6 cm³/mol. The molecule has 0 aliphatic heterocycles. The maximum atomic E-state index is 12.0. The van der Waals surface area contributed by atoms with E-state index in [1.54, 1.807) is 0 Å². The average molecular weight is 320 g/mol. The molecule has 8 heteroatoms. The van der Waals surface area contributed by atoms with Crippen molar-refractivity contribution in [3.05, 3.63) is 28.8 Å². The molecule has 0 aromatic heterocycles. The second-order valence-corrected chi connectivity index (χ2v) is 4.12. The highest BCUT2D eigenvalue weighted by Gasteiger charge is 2.32. The number of ether oxygens (including phenoxy) is 1. The highest BCUT2D eigenvalue weighted by Crippen LogP contribution is 2.32. The monoisotopic (exact) mass is 319 g/mol. The Hall–Kier alpha value is -0.690. The van der Waals surface area contributed by atoms with E-state index in [9.17, 15) is 13.2 Å². The van der Waals surface area contributed by atoms with Crippen LogP contribution in [0.4, 0.5) is 13.2 Å². The first kappa shape index (κ1) is 18.3. The Balaban J connectivity index is 0.00000324. The molecule has 0 radical (unpaired) electrons. The van der Waals surface area contributed by atoms with Crippen LogP contribution < -0.4 is 10.5 Å². The number of nitrogens with two attached hydrogens (primary N) is 1. The van der Waals surface area contributed by atoms with Crippen molar-refractivity contribution >= 4 is 24.0 Å². The summed E-state index contributed by atoms with van der Waals surface area (Å²) in [6, 6.07) is 3.51. The van der Waals surface area contributed by atoms with Crippen LogP contribution >= 0.6 is 24.0 Å². The minimum Gasteiger partial charge on any atom is -0.404 e. The highest BCUT2D eigenvalue weighted by molar-refractivity contribution is 6.32. The van der Waals surface area contributed by atoms with E-state index in [1.807, 2.05) is 0 Å². The Morgan fingerprint density at radius 1 is 1.37 bits per heavy atom. The molecule has 0 aliphatic rings. The lowest BCUT2D eigenvalue weighted by atomic mass is 10.0. The van der Waals surface area contributed by atoms with Gasteiger partial charge in [-0.1, -0.05) is 17.7 Å². The molecule has 0 spiro atoms. The maximum absolute atomic E-state index is 12.0. The van der Waals surface area contributed by atoms with Gasteiger partial charge in [-0.2, -0.15) is 0 Å². The van der Waals surface area contributed by atoms with Gasteiger partial charge in [-0.25, -0.2) is 0 Å². The van der Waals surface area contributed by atoms with Crippen LogP contribution in [-0.4, -0.2) is 18.1 Å². The second kappa shape index (κ2) is 7.79. The van der Waals surface area contributed by atoms with Crippen molar-refractivity contribution in [2.75, 3.05) is 6.61 Å². The fraction of sp³-hybridized carbons (Fsp3) is 0.455. The molecule has 1 aromatic rings. The number of halogens is 5. The van der Waals surface area contributed by atoms with Gasteiger partial charge in [0.1, 0.15) is 5.75 Å². The summed E-state index contributed by atoms with van der Waals surface area (Å²) in [6.45, 7) is 0.0106. The third-order valence-electron chi connectivity index (χ3n) is 2.28. The molecule has 0 amide bonds. The van der Waals surface area contributed by atoms with Gasteiger partial charge in [0.2, 0.25) is 0 Å². The van der Waals surface area contributed by atoms with Gasteiger partial charge in [-0.3, -0.25) is 0 Å². The van der Waals surface area contributed by atoms with E-state index in [-0.39, 0.29) is 30.1 Å². The van der Waals surface area contributed by atoms with Gasteiger partial charge in [0.15, 0.2) is 0 Å². The Bertz CT molecular complexity index is 402. The van der Waals surface area contributed by atoms with Gasteiger partial charge in [-0.05, 0) is 30.5 Å². The van der Waals surface area contributed by atoms with Crippen LogP contribution in [0.5, 0.6) is 5.75 Å². The normalized spacial score (nSPS) is 12.7. The minimum atomic E-state index is -4.77. The fourth-order valence-corrected chi connectivity index (χ4v) is 1.66. The van der Waals surface area contributed by atoms with Crippen molar-refractivity contribution in [1.29, 1.82) is 0 Å². The topological polar surface area (TPSA) is 55.5 Å². The zero-order valence-electron chi connectivity index (χ0n) is 9.78. The van der Waals surface area contributed by atoms with Gasteiger partial charge >= 0.3 is 6.36 Å². The van der Waals surface area contributed by atoms with Crippen LogP contribution in [0.3, 0.4) is 0 Å². The standard InChI is InChI=1S/C11H13ClF3NO2.ClH/c12-8-6-7(9(16)2-1-5-17)3-4-10(8)18-11(13,14)15;/h3-4,6,9,17H,1-2,5,16H2;1H/t9-;/m0./s1. The molecular formula is C11H14Cl2F3NO2. The molecule has 0 heterocycles. The molecule has 3 N–H and O–H groups in total. The van der Waals surface area contributed by atoms with E-state index < -0.39 is 12.1 Å². The minimum absolute atomic E-state index is 0. The highest BCUT2D eigenvalue weighted by atomic mass is 35.5. The van der Waals surface area contributed by atoms with Gasteiger partial charge in [-0.15, -0.1) is 25.6 Å². The summed E-state index contributed by atoms with van der Waals surface area (Å²) in [7, 11) is 0. The Morgan fingerprint density at radius 3 is 2.47 bits per heavy atom. The Morgan fingerprint density at radius 2 is 2.00 bits per heavy atom. The quantitative estimate of drug-likeness (QED) is 0.874. The van der Waals surface area contributed by atoms with E-state index in [4.69, 9.17) is 22.4 Å². The lowest BCUT2D eigenvalue weighted by Gasteiger charge is -2.14. The van der Waals surface area contributed by atoms with Crippen LogP contribution in [-0.2, 0) is 0 Å². The number of aliphatic hydroxyl groups excluding tert-OH is 1. The molecule has 0 saturated carbocycles.